The van der Waals surface area contributed by atoms with Crippen LogP contribution < -0.4 is 16.0 Å². The lowest BCUT2D eigenvalue weighted by Crippen LogP contribution is -2.41. The van der Waals surface area contributed by atoms with Gasteiger partial charge in [0.15, 0.2) is 5.96 Å². The van der Waals surface area contributed by atoms with E-state index in [0.29, 0.717) is 13.0 Å². The molecular weight excluding hydrogens is 342 g/mol. The molecule has 3 N–H and O–H groups in total. The fourth-order valence-corrected chi connectivity index (χ4v) is 3.62. The number of para-hydroxylation sites is 1. The van der Waals surface area contributed by atoms with Gasteiger partial charge >= 0.3 is 0 Å². The third-order valence-corrected chi connectivity index (χ3v) is 5.14. The Morgan fingerprint density at radius 2 is 2.07 bits per heavy atom. The molecule has 7 heteroatoms. The normalized spacial score (nSPS) is 20.7. The van der Waals surface area contributed by atoms with Crippen LogP contribution in [-0.4, -0.2) is 69.8 Å². The second-order valence-electron chi connectivity index (χ2n) is 7.08. The molecular formula is C20H31N5O2. The van der Waals surface area contributed by atoms with Gasteiger partial charge in [-0.1, -0.05) is 18.2 Å². The number of hydrogen-bond acceptors (Lipinski definition) is 4. The van der Waals surface area contributed by atoms with E-state index < -0.39 is 0 Å². The molecule has 1 saturated heterocycles. The standard InChI is InChI=1S/C20H31N5O2/c1-21-20(22-8-4-5-9-25-10-12-27-13-11-25)23-15-16-14-19(26)24-18-7-3-2-6-17(16)18/h2-3,6-7,16H,4-5,8-15H2,1H3,(H,24,26)(H2,21,22,23). The molecule has 2 aliphatic rings. The molecule has 0 radical (unpaired) electrons. The van der Waals surface area contributed by atoms with E-state index in [1.807, 2.05) is 18.2 Å². The highest BCUT2D eigenvalue weighted by atomic mass is 16.5. The summed E-state index contributed by atoms with van der Waals surface area (Å²) in [6, 6.07) is 8.01. The fourth-order valence-electron chi connectivity index (χ4n) is 3.62. The Morgan fingerprint density at radius 1 is 1.26 bits per heavy atom. The Labute approximate surface area is 161 Å². The average Bonchev–Trinajstić information content (AvgIpc) is 2.70. The number of fused-ring (bicyclic) bond motifs is 1. The number of carbonyl (C=O) groups excluding carboxylic acids is 1. The minimum Gasteiger partial charge on any atom is -0.379 e. The number of anilines is 1. The summed E-state index contributed by atoms with van der Waals surface area (Å²) >= 11 is 0. The number of aliphatic imine (C=N–C) groups is 1. The smallest absolute Gasteiger partial charge is 0.225 e. The molecule has 3 rings (SSSR count). The van der Waals surface area contributed by atoms with Crippen molar-refractivity contribution in [3.8, 4) is 0 Å². The third kappa shape index (κ3) is 5.94. The lowest BCUT2D eigenvalue weighted by Gasteiger charge is -2.27. The summed E-state index contributed by atoms with van der Waals surface area (Å²) in [6.45, 7) is 6.53. The molecule has 7 nitrogen and oxygen atoms in total. The highest BCUT2D eigenvalue weighted by Crippen LogP contribution is 2.31. The monoisotopic (exact) mass is 373 g/mol. The molecule has 2 aliphatic heterocycles. The average molecular weight is 374 g/mol. The molecule has 1 amide bonds. The van der Waals surface area contributed by atoms with Crippen LogP contribution in [0.4, 0.5) is 5.69 Å². The summed E-state index contributed by atoms with van der Waals surface area (Å²) < 4.78 is 5.38. The van der Waals surface area contributed by atoms with Gasteiger partial charge in [0.05, 0.1) is 13.2 Å². The van der Waals surface area contributed by atoms with Crippen molar-refractivity contribution in [2.75, 3.05) is 58.3 Å². The first kappa shape index (κ1) is 19.6. The molecule has 0 spiro atoms. The number of morpholine rings is 1. The number of guanidine groups is 1. The molecule has 0 aromatic heterocycles. The van der Waals surface area contributed by atoms with Gasteiger partial charge < -0.3 is 20.7 Å². The van der Waals surface area contributed by atoms with Crippen LogP contribution >= 0.6 is 0 Å². The van der Waals surface area contributed by atoms with Crippen LogP contribution in [-0.2, 0) is 9.53 Å². The van der Waals surface area contributed by atoms with Crippen LogP contribution in [0.2, 0.25) is 0 Å². The van der Waals surface area contributed by atoms with Crippen molar-refractivity contribution in [2.45, 2.75) is 25.2 Å². The Kier molecular flexibility index (Phi) is 7.47. The lowest BCUT2D eigenvalue weighted by molar-refractivity contribution is -0.116. The number of amides is 1. The molecule has 0 aliphatic carbocycles. The topological polar surface area (TPSA) is 78.0 Å². The van der Waals surface area contributed by atoms with Gasteiger partial charge in [-0.25, -0.2) is 0 Å². The molecule has 1 aromatic carbocycles. The van der Waals surface area contributed by atoms with E-state index in [1.54, 1.807) is 7.05 Å². The molecule has 27 heavy (non-hydrogen) atoms. The van der Waals surface area contributed by atoms with Crippen molar-refractivity contribution in [3.05, 3.63) is 29.8 Å². The van der Waals surface area contributed by atoms with Gasteiger partial charge in [-0.3, -0.25) is 14.7 Å². The molecule has 2 heterocycles. The molecule has 148 valence electrons. The summed E-state index contributed by atoms with van der Waals surface area (Å²) in [4.78, 5) is 18.7. The number of unbranched alkanes of at least 4 members (excludes halogenated alkanes) is 1. The van der Waals surface area contributed by atoms with Crippen molar-refractivity contribution in [3.63, 3.8) is 0 Å². The van der Waals surface area contributed by atoms with E-state index >= 15 is 0 Å². The van der Waals surface area contributed by atoms with Crippen molar-refractivity contribution in [1.82, 2.24) is 15.5 Å². The summed E-state index contributed by atoms with van der Waals surface area (Å²) in [6.07, 6.45) is 2.77. The quantitative estimate of drug-likeness (QED) is 0.382. The summed E-state index contributed by atoms with van der Waals surface area (Å²) in [7, 11) is 1.78. The van der Waals surface area contributed by atoms with E-state index in [-0.39, 0.29) is 11.8 Å². The van der Waals surface area contributed by atoms with E-state index in [1.165, 1.54) is 12.0 Å². The van der Waals surface area contributed by atoms with Gasteiger partial charge in [-0.15, -0.1) is 0 Å². The maximum atomic E-state index is 11.9. The van der Waals surface area contributed by atoms with E-state index in [2.05, 4.69) is 31.9 Å². The number of nitrogens with one attached hydrogen (secondary N) is 3. The predicted molar refractivity (Wildman–Crippen MR) is 108 cm³/mol. The highest BCUT2D eigenvalue weighted by molar-refractivity contribution is 5.94. The summed E-state index contributed by atoms with van der Waals surface area (Å²) in [5.41, 5.74) is 2.11. The van der Waals surface area contributed by atoms with Gasteiger partial charge in [0.2, 0.25) is 5.91 Å². The number of rotatable bonds is 7. The van der Waals surface area contributed by atoms with Gasteiger partial charge in [0.1, 0.15) is 0 Å². The first-order valence-electron chi connectivity index (χ1n) is 9.89. The summed E-state index contributed by atoms with van der Waals surface area (Å²) in [5, 5.41) is 9.69. The van der Waals surface area contributed by atoms with Crippen LogP contribution in [0.1, 0.15) is 30.7 Å². The van der Waals surface area contributed by atoms with Gasteiger partial charge in [0, 0.05) is 51.3 Å². The number of carbonyl (C=O) groups is 1. The number of ether oxygens (including phenoxy) is 1. The predicted octanol–water partition coefficient (Wildman–Crippen LogP) is 1.39. The zero-order chi connectivity index (χ0) is 18.9. The molecule has 0 bridgehead atoms. The number of hydrogen-bond donors (Lipinski definition) is 3. The maximum Gasteiger partial charge on any atom is 0.225 e. The zero-order valence-corrected chi connectivity index (χ0v) is 16.2. The van der Waals surface area contributed by atoms with Crippen molar-refractivity contribution in [1.29, 1.82) is 0 Å². The number of benzene rings is 1. The first-order valence-corrected chi connectivity index (χ1v) is 9.89. The zero-order valence-electron chi connectivity index (χ0n) is 16.2. The largest absolute Gasteiger partial charge is 0.379 e. The first-order chi connectivity index (χ1) is 13.3. The van der Waals surface area contributed by atoms with Crippen LogP contribution in [0.25, 0.3) is 0 Å². The van der Waals surface area contributed by atoms with Crippen LogP contribution in [0, 0.1) is 0 Å². The molecule has 0 saturated carbocycles. The van der Waals surface area contributed by atoms with Crippen molar-refractivity contribution >= 4 is 17.6 Å². The fraction of sp³-hybridized carbons (Fsp3) is 0.600. The van der Waals surface area contributed by atoms with E-state index in [4.69, 9.17) is 4.74 Å². The minimum atomic E-state index is 0.0755. The van der Waals surface area contributed by atoms with Crippen molar-refractivity contribution in [2.24, 2.45) is 4.99 Å². The Bertz CT molecular complexity index is 643. The second-order valence-corrected chi connectivity index (χ2v) is 7.08. The summed E-state index contributed by atoms with van der Waals surface area (Å²) in [5.74, 6) is 1.03. The molecule has 1 aromatic rings. The Morgan fingerprint density at radius 3 is 2.89 bits per heavy atom. The molecule has 1 fully saturated rings. The molecule has 1 atom stereocenters. The van der Waals surface area contributed by atoms with Crippen LogP contribution in [0.3, 0.4) is 0 Å². The third-order valence-electron chi connectivity index (χ3n) is 5.14. The van der Waals surface area contributed by atoms with Crippen molar-refractivity contribution < 1.29 is 9.53 Å². The SMILES string of the molecule is CN=C(NCCCCN1CCOCC1)NCC1CC(=O)Nc2ccccc21. The lowest BCUT2D eigenvalue weighted by atomic mass is 9.90. The van der Waals surface area contributed by atoms with Gasteiger partial charge in [-0.05, 0) is 31.0 Å². The minimum absolute atomic E-state index is 0.0755. The Balaban J connectivity index is 1.37. The highest BCUT2D eigenvalue weighted by Gasteiger charge is 2.24. The maximum absolute atomic E-state index is 11.9. The second kappa shape index (κ2) is 10.3. The van der Waals surface area contributed by atoms with Crippen LogP contribution in [0.5, 0.6) is 0 Å². The van der Waals surface area contributed by atoms with E-state index in [9.17, 15) is 4.79 Å². The molecule has 1 unspecified atom stereocenters. The van der Waals surface area contributed by atoms with Gasteiger partial charge in [0.25, 0.3) is 0 Å². The van der Waals surface area contributed by atoms with Crippen LogP contribution in [0.15, 0.2) is 29.3 Å². The van der Waals surface area contributed by atoms with E-state index in [0.717, 1.165) is 57.5 Å². The number of nitrogens with zero attached hydrogens (tertiary/aromatic N) is 2. The Hall–Kier alpha value is -2.12. The van der Waals surface area contributed by atoms with Gasteiger partial charge in [-0.2, -0.15) is 0 Å².